The Balaban J connectivity index is 2.05. The van der Waals surface area contributed by atoms with Gasteiger partial charge in [0.15, 0.2) is 0 Å². The van der Waals surface area contributed by atoms with Gasteiger partial charge in [0.2, 0.25) is 0 Å². The number of hydrogen-bond acceptors (Lipinski definition) is 2. The lowest BCUT2D eigenvalue weighted by Crippen LogP contribution is -2.63. The van der Waals surface area contributed by atoms with Crippen LogP contribution in [0.15, 0.2) is 11.6 Å². The van der Waals surface area contributed by atoms with Gasteiger partial charge in [-0.3, -0.25) is 0 Å². The lowest BCUT2D eigenvalue weighted by molar-refractivity contribution is -0.220. The van der Waals surface area contributed by atoms with Gasteiger partial charge in [-0.2, -0.15) is 0 Å². The molecule has 4 saturated carbocycles. The van der Waals surface area contributed by atoms with Gasteiger partial charge < -0.3 is 10.2 Å². The molecule has 4 rings (SSSR count). The normalized spacial score (nSPS) is 55.8. The van der Waals surface area contributed by atoms with Crippen LogP contribution in [-0.4, -0.2) is 21.4 Å². The first-order chi connectivity index (χ1) is 7.39. The van der Waals surface area contributed by atoms with Crippen LogP contribution in [0.25, 0.3) is 0 Å². The summed E-state index contributed by atoms with van der Waals surface area (Å²) in [5.74, 6) is 0.529. The quantitative estimate of drug-likeness (QED) is 0.669. The molecule has 0 aliphatic heterocycles. The molecule has 0 aromatic heterocycles. The van der Waals surface area contributed by atoms with E-state index in [2.05, 4.69) is 19.9 Å². The van der Waals surface area contributed by atoms with Crippen LogP contribution in [0.2, 0.25) is 0 Å². The number of hydrogen-bond donors (Lipinski definition) is 2. The number of allylic oxidation sites excluding steroid dienone is 2. The highest BCUT2D eigenvalue weighted by Crippen LogP contribution is 2.65. The number of rotatable bonds is 1. The SMILES string of the molecule is CC=C(C)C12CC3CC(O)(CC(O)(C3)C1)C2. The van der Waals surface area contributed by atoms with Crippen molar-refractivity contribution in [3.05, 3.63) is 11.6 Å². The molecule has 4 aliphatic carbocycles. The molecule has 2 heteroatoms. The van der Waals surface area contributed by atoms with Crippen molar-refractivity contribution < 1.29 is 10.2 Å². The van der Waals surface area contributed by atoms with Crippen molar-refractivity contribution in [1.82, 2.24) is 0 Å². The molecule has 4 bridgehead atoms. The molecular formula is C14H22O2. The zero-order valence-electron chi connectivity index (χ0n) is 10.3. The monoisotopic (exact) mass is 222 g/mol. The van der Waals surface area contributed by atoms with Crippen molar-refractivity contribution in [1.29, 1.82) is 0 Å². The predicted octanol–water partition coefficient (Wildman–Crippen LogP) is 2.40. The minimum Gasteiger partial charge on any atom is -0.390 e. The summed E-state index contributed by atoms with van der Waals surface area (Å²) in [5.41, 5.74) is 0.294. The fourth-order valence-corrected chi connectivity index (χ4v) is 5.08. The van der Waals surface area contributed by atoms with E-state index in [4.69, 9.17) is 0 Å². The Kier molecular flexibility index (Phi) is 1.96. The summed E-state index contributed by atoms with van der Waals surface area (Å²) in [5, 5.41) is 21.2. The van der Waals surface area contributed by atoms with Crippen LogP contribution < -0.4 is 0 Å². The third kappa shape index (κ3) is 1.32. The summed E-state index contributed by atoms with van der Waals surface area (Å²) >= 11 is 0. The molecule has 2 nitrogen and oxygen atoms in total. The van der Waals surface area contributed by atoms with E-state index in [1.165, 1.54) is 12.0 Å². The molecule has 0 aromatic carbocycles. The smallest absolute Gasteiger partial charge is 0.0686 e. The van der Waals surface area contributed by atoms with E-state index in [9.17, 15) is 10.2 Å². The van der Waals surface area contributed by atoms with E-state index in [0.29, 0.717) is 12.3 Å². The summed E-state index contributed by atoms with van der Waals surface area (Å²) in [6.45, 7) is 4.24. The van der Waals surface area contributed by atoms with Crippen LogP contribution in [0, 0.1) is 11.3 Å². The summed E-state index contributed by atoms with van der Waals surface area (Å²) < 4.78 is 0. The first kappa shape index (κ1) is 10.8. The molecule has 2 unspecified atom stereocenters. The van der Waals surface area contributed by atoms with Gasteiger partial charge in [-0.05, 0) is 57.3 Å². The molecule has 0 amide bonds. The Hall–Kier alpha value is -0.340. The van der Waals surface area contributed by atoms with Crippen molar-refractivity contribution in [2.75, 3.05) is 0 Å². The van der Waals surface area contributed by atoms with E-state index in [1.807, 2.05) is 0 Å². The van der Waals surface area contributed by atoms with E-state index in [1.54, 1.807) is 0 Å². The molecule has 0 heterocycles. The lowest BCUT2D eigenvalue weighted by Gasteiger charge is -2.63. The molecule has 2 N–H and O–H groups in total. The molecule has 4 aliphatic rings. The maximum atomic E-state index is 10.6. The Morgan fingerprint density at radius 3 is 2.06 bits per heavy atom. The zero-order chi connectivity index (χ0) is 11.6. The number of aliphatic hydroxyl groups is 2. The minimum atomic E-state index is -0.585. The van der Waals surface area contributed by atoms with Crippen molar-refractivity contribution in [3.8, 4) is 0 Å². The van der Waals surface area contributed by atoms with E-state index >= 15 is 0 Å². The highest BCUT2D eigenvalue weighted by atomic mass is 16.3. The zero-order valence-corrected chi connectivity index (χ0v) is 10.3. The highest BCUT2D eigenvalue weighted by Gasteiger charge is 2.62. The van der Waals surface area contributed by atoms with Crippen molar-refractivity contribution in [2.45, 2.75) is 63.6 Å². The van der Waals surface area contributed by atoms with Crippen LogP contribution in [0.4, 0.5) is 0 Å². The Bertz CT molecular complexity index is 340. The van der Waals surface area contributed by atoms with Crippen molar-refractivity contribution in [2.24, 2.45) is 11.3 Å². The summed E-state index contributed by atoms with van der Waals surface area (Å²) in [4.78, 5) is 0. The second-order valence-electron chi connectivity index (χ2n) is 6.71. The van der Waals surface area contributed by atoms with Gasteiger partial charge >= 0.3 is 0 Å². The molecule has 0 aromatic rings. The van der Waals surface area contributed by atoms with Gasteiger partial charge in [-0.1, -0.05) is 11.6 Å². The van der Waals surface area contributed by atoms with Crippen LogP contribution in [-0.2, 0) is 0 Å². The summed E-state index contributed by atoms with van der Waals surface area (Å²) in [6, 6.07) is 0. The molecular weight excluding hydrogens is 200 g/mol. The maximum absolute atomic E-state index is 10.6. The fourth-order valence-electron chi connectivity index (χ4n) is 5.08. The third-order valence-electron chi connectivity index (χ3n) is 5.28. The molecule has 0 spiro atoms. The molecule has 4 fully saturated rings. The first-order valence-corrected chi connectivity index (χ1v) is 6.47. The van der Waals surface area contributed by atoms with Crippen LogP contribution in [0.3, 0.4) is 0 Å². The largest absolute Gasteiger partial charge is 0.390 e. The third-order valence-corrected chi connectivity index (χ3v) is 5.28. The van der Waals surface area contributed by atoms with Gasteiger partial charge in [0.1, 0.15) is 0 Å². The molecule has 0 saturated heterocycles. The van der Waals surface area contributed by atoms with Gasteiger partial charge in [0.25, 0.3) is 0 Å². The van der Waals surface area contributed by atoms with Gasteiger partial charge in [0.05, 0.1) is 11.2 Å². The maximum Gasteiger partial charge on any atom is 0.0686 e. The average Bonchev–Trinajstić information content (AvgIpc) is 2.10. The lowest BCUT2D eigenvalue weighted by atomic mass is 9.45. The van der Waals surface area contributed by atoms with Gasteiger partial charge in [0, 0.05) is 6.42 Å². The van der Waals surface area contributed by atoms with Gasteiger partial charge in [-0.25, -0.2) is 0 Å². The molecule has 2 atom stereocenters. The van der Waals surface area contributed by atoms with Crippen LogP contribution in [0.5, 0.6) is 0 Å². The average molecular weight is 222 g/mol. The molecule has 16 heavy (non-hydrogen) atoms. The molecule has 0 radical (unpaired) electrons. The Morgan fingerprint density at radius 2 is 1.62 bits per heavy atom. The summed E-state index contributed by atoms with van der Waals surface area (Å²) in [7, 11) is 0. The summed E-state index contributed by atoms with van der Waals surface area (Å²) in [6.07, 6.45) is 7.51. The topological polar surface area (TPSA) is 40.5 Å². The Morgan fingerprint density at radius 1 is 1.06 bits per heavy atom. The minimum absolute atomic E-state index is 0.0949. The molecule has 90 valence electrons. The van der Waals surface area contributed by atoms with E-state index < -0.39 is 11.2 Å². The van der Waals surface area contributed by atoms with Crippen LogP contribution in [0.1, 0.15) is 52.4 Å². The van der Waals surface area contributed by atoms with E-state index in [-0.39, 0.29) is 5.41 Å². The predicted molar refractivity (Wildman–Crippen MR) is 63.0 cm³/mol. The standard InChI is InChI=1S/C14H22O2/c1-3-10(2)12-4-11-5-13(15,7-12)9-14(16,6-11)8-12/h3,11,15-16H,4-9H2,1-2H3. The Labute approximate surface area is 97.4 Å². The second-order valence-corrected chi connectivity index (χ2v) is 6.71. The van der Waals surface area contributed by atoms with Crippen molar-refractivity contribution >= 4 is 0 Å². The fraction of sp³-hybridized carbons (Fsp3) is 0.857. The highest BCUT2D eigenvalue weighted by molar-refractivity contribution is 5.24. The first-order valence-electron chi connectivity index (χ1n) is 6.47. The van der Waals surface area contributed by atoms with Crippen LogP contribution >= 0.6 is 0 Å². The van der Waals surface area contributed by atoms with Gasteiger partial charge in [-0.15, -0.1) is 0 Å². The van der Waals surface area contributed by atoms with Crippen molar-refractivity contribution in [3.63, 3.8) is 0 Å². The second kappa shape index (κ2) is 2.91. The van der Waals surface area contributed by atoms with E-state index in [0.717, 1.165) is 25.7 Å².